The first-order valence-electron chi connectivity index (χ1n) is 6.90. The summed E-state index contributed by atoms with van der Waals surface area (Å²) in [5.41, 5.74) is 0.637. The molecule has 0 aliphatic heterocycles. The van der Waals surface area contributed by atoms with Gasteiger partial charge in [-0.2, -0.15) is 5.10 Å². The molecule has 3 nitrogen and oxygen atoms in total. The van der Waals surface area contributed by atoms with Gasteiger partial charge in [-0.25, -0.2) is 4.98 Å². The Morgan fingerprint density at radius 3 is 2.62 bits per heavy atom. The molecule has 0 amide bonds. The van der Waals surface area contributed by atoms with E-state index >= 15 is 0 Å². The lowest BCUT2D eigenvalue weighted by molar-refractivity contribution is 0.481. The monoisotopic (exact) mass is 345 g/mol. The number of aryl methyl sites for hydroxylation is 1. The second-order valence-corrected chi connectivity index (χ2v) is 6.11. The van der Waals surface area contributed by atoms with Crippen molar-refractivity contribution in [2.45, 2.75) is 31.7 Å². The molecule has 2 aromatic rings. The molecular weight excluding hydrogens is 329 g/mol. The van der Waals surface area contributed by atoms with E-state index in [1.165, 1.54) is 0 Å². The Balaban J connectivity index is 2.36. The second kappa shape index (κ2) is 7.48. The van der Waals surface area contributed by atoms with Crippen LogP contribution in [0.1, 0.15) is 24.7 Å². The molecule has 0 aliphatic carbocycles. The maximum Gasteiger partial charge on any atom is 0.138 e. The lowest BCUT2D eigenvalue weighted by Crippen LogP contribution is -2.34. The fourth-order valence-corrected chi connectivity index (χ4v) is 3.30. The Morgan fingerprint density at radius 2 is 2.00 bits per heavy atom. The molecule has 0 saturated heterocycles. The van der Waals surface area contributed by atoms with Gasteiger partial charge in [0, 0.05) is 35.2 Å². The molecule has 114 valence electrons. The summed E-state index contributed by atoms with van der Waals surface area (Å²) in [6.07, 6.45) is 3.22. The standard InChI is InChI=1S/C15H18Cl3N3/c1-2-6-21-14(19-11-20-21)8-15(9-16,10-17)12-4-3-5-13(18)7-12/h3-5,7,11H,2,6,8-10H2,1H3. The smallest absolute Gasteiger partial charge is 0.138 e. The van der Waals surface area contributed by atoms with Crippen molar-refractivity contribution in [1.29, 1.82) is 0 Å². The van der Waals surface area contributed by atoms with E-state index in [0.717, 1.165) is 24.4 Å². The van der Waals surface area contributed by atoms with E-state index in [4.69, 9.17) is 34.8 Å². The number of hydrogen-bond donors (Lipinski definition) is 0. The van der Waals surface area contributed by atoms with Gasteiger partial charge in [0.25, 0.3) is 0 Å². The van der Waals surface area contributed by atoms with E-state index < -0.39 is 5.41 Å². The van der Waals surface area contributed by atoms with E-state index in [0.29, 0.717) is 23.2 Å². The molecule has 0 fully saturated rings. The highest BCUT2D eigenvalue weighted by atomic mass is 35.5. The third-order valence-electron chi connectivity index (χ3n) is 3.58. The molecule has 6 heteroatoms. The van der Waals surface area contributed by atoms with Crippen LogP contribution in [0.15, 0.2) is 30.6 Å². The largest absolute Gasteiger partial charge is 0.250 e. The van der Waals surface area contributed by atoms with Crippen LogP contribution in [0.3, 0.4) is 0 Å². The molecule has 0 aliphatic rings. The van der Waals surface area contributed by atoms with Gasteiger partial charge in [0.15, 0.2) is 0 Å². The van der Waals surface area contributed by atoms with Gasteiger partial charge in [-0.15, -0.1) is 23.2 Å². The van der Waals surface area contributed by atoms with Crippen molar-refractivity contribution in [3.05, 3.63) is 47.0 Å². The number of benzene rings is 1. The van der Waals surface area contributed by atoms with E-state index in [2.05, 4.69) is 17.0 Å². The zero-order valence-electron chi connectivity index (χ0n) is 11.9. The predicted molar refractivity (Wildman–Crippen MR) is 88.6 cm³/mol. The minimum absolute atomic E-state index is 0.396. The SMILES string of the molecule is CCCn1ncnc1CC(CCl)(CCl)c1cccc(Cl)c1. The van der Waals surface area contributed by atoms with Gasteiger partial charge in [-0.3, -0.25) is 4.68 Å². The van der Waals surface area contributed by atoms with Crippen LogP contribution in [0.4, 0.5) is 0 Å². The third-order valence-corrected chi connectivity index (χ3v) is 4.83. The molecule has 1 heterocycles. The summed E-state index contributed by atoms with van der Waals surface area (Å²) in [5, 5.41) is 4.95. The molecule has 0 radical (unpaired) electrons. The average molecular weight is 347 g/mol. The normalized spacial score (nSPS) is 11.8. The molecule has 0 saturated carbocycles. The van der Waals surface area contributed by atoms with Crippen molar-refractivity contribution in [3.63, 3.8) is 0 Å². The van der Waals surface area contributed by atoms with Gasteiger partial charge in [-0.1, -0.05) is 30.7 Å². The second-order valence-electron chi connectivity index (χ2n) is 5.13. The first kappa shape index (κ1) is 16.6. The van der Waals surface area contributed by atoms with Crippen molar-refractivity contribution in [3.8, 4) is 0 Å². The minimum Gasteiger partial charge on any atom is -0.250 e. The van der Waals surface area contributed by atoms with Crippen LogP contribution in [0.25, 0.3) is 0 Å². The number of alkyl halides is 2. The Labute approximate surface area is 140 Å². The Bertz CT molecular complexity index is 579. The molecule has 1 aromatic heterocycles. The van der Waals surface area contributed by atoms with Gasteiger partial charge >= 0.3 is 0 Å². The maximum atomic E-state index is 6.27. The van der Waals surface area contributed by atoms with Crippen LogP contribution in [0.2, 0.25) is 5.02 Å². The Hall–Kier alpha value is -0.770. The van der Waals surface area contributed by atoms with Gasteiger partial charge < -0.3 is 0 Å². The van der Waals surface area contributed by atoms with Gasteiger partial charge in [0.1, 0.15) is 12.2 Å². The number of halogens is 3. The Kier molecular flexibility index (Phi) is 5.91. The van der Waals surface area contributed by atoms with Crippen LogP contribution >= 0.6 is 34.8 Å². The average Bonchev–Trinajstić information content (AvgIpc) is 2.92. The summed E-state index contributed by atoms with van der Waals surface area (Å²) in [4.78, 5) is 4.37. The molecule has 21 heavy (non-hydrogen) atoms. The van der Waals surface area contributed by atoms with Crippen molar-refractivity contribution < 1.29 is 0 Å². The van der Waals surface area contributed by atoms with Crippen LogP contribution in [-0.4, -0.2) is 26.5 Å². The van der Waals surface area contributed by atoms with E-state index in [1.807, 2.05) is 28.9 Å². The van der Waals surface area contributed by atoms with Gasteiger partial charge in [-0.05, 0) is 24.1 Å². The number of nitrogens with zero attached hydrogens (tertiary/aromatic N) is 3. The Morgan fingerprint density at radius 1 is 1.24 bits per heavy atom. The highest BCUT2D eigenvalue weighted by Crippen LogP contribution is 2.32. The van der Waals surface area contributed by atoms with Crippen molar-refractivity contribution in [2.24, 2.45) is 0 Å². The molecule has 2 rings (SSSR count). The molecule has 1 aromatic carbocycles. The zero-order chi connectivity index (χ0) is 15.3. The summed E-state index contributed by atoms with van der Waals surface area (Å²) < 4.78 is 1.92. The maximum absolute atomic E-state index is 6.27. The molecule has 0 atom stereocenters. The lowest BCUT2D eigenvalue weighted by Gasteiger charge is -2.30. The van der Waals surface area contributed by atoms with Crippen LogP contribution in [0.5, 0.6) is 0 Å². The molecular formula is C15H18Cl3N3. The van der Waals surface area contributed by atoms with E-state index in [-0.39, 0.29) is 0 Å². The highest BCUT2D eigenvalue weighted by molar-refractivity contribution is 6.30. The first-order chi connectivity index (χ1) is 10.1. The topological polar surface area (TPSA) is 30.7 Å². The highest BCUT2D eigenvalue weighted by Gasteiger charge is 2.33. The lowest BCUT2D eigenvalue weighted by atomic mass is 9.81. The van der Waals surface area contributed by atoms with E-state index in [9.17, 15) is 0 Å². The zero-order valence-corrected chi connectivity index (χ0v) is 14.2. The van der Waals surface area contributed by atoms with Crippen molar-refractivity contribution >= 4 is 34.8 Å². The number of rotatable bonds is 7. The summed E-state index contributed by atoms with van der Waals surface area (Å²) in [6.45, 7) is 2.95. The summed E-state index contributed by atoms with van der Waals surface area (Å²) in [6, 6.07) is 7.70. The molecule has 0 unspecified atom stereocenters. The first-order valence-corrected chi connectivity index (χ1v) is 8.34. The summed E-state index contributed by atoms with van der Waals surface area (Å²) in [5.74, 6) is 1.70. The van der Waals surface area contributed by atoms with Gasteiger partial charge in [0.2, 0.25) is 0 Å². The van der Waals surface area contributed by atoms with E-state index in [1.54, 1.807) is 6.33 Å². The molecule has 0 spiro atoms. The number of hydrogen-bond acceptors (Lipinski definition) is 2. The summed E-state index contributed by atoms with van der Waals surface area (Å²) in [7, 11) is 0. The molecule has 0 N–H and O–H groups in total. The summed E-state index contributed by atoms with van der Waals surface area (Å²) >= 11 is 18.7. The van der Waals surface area contributed by atoms with Crippen LogP contribution < -0.4 is 0 Å². The number of aromatic nitrogens is 3. The van der Waals surface area contributed by atoms with Crippen LogP contribution in [-0.2, 0) is 18.4 Å². The van der Waals surface area contributed by atoms with Crippen LogP contribution in [0, 0.1) is 0 Å². The predicted octanol–water partition coefficient (Wildman–Crippen LogP) is 4.30. The quantitative estimate of drug-likeness (QED) is 0.700. The third kappa shape index (κ3) is 3.71. The van der Waals surface area contributed by atoms with Gasteiger partial charge in [0.05, 0.1) is 0 Å². The minimum atomic E-state index is -0.396. The van der Waals surface area contributed by atoms with Crippen molar-refractivity contribution in [2.75, 3.05) is 11.8 Å². The van der Waals surface area contributed by atoms with Crippen molar-refractivity contribution in [1.82, 2.24) is 14.8 Å². The molecule has 0 bridgehead atoms. The fourth-order valence-electron chi connectivity index (χ4n) is 2.33. The fraction of sp³-hybridized carbons (Fsp3) is 0.467.